The monoisotopic (exact) mass is 424 g/mol. The summed E-state index contributed by atoms with van der Waals surface area (Å²) in [6, 6.07) is 17.4. The van der Waals surface area contributed by atoms with Gasteiger partial charge in [-0.05, 0) is 60.0 Å². The van der Waals surface area contributed by atoms with E-state index in [0.29, 0.717) is 11.3 Å². The molecule has 1 heterocycles. The first-order valence-electron chi connectivity index (χ1n) is 9.66. The molecular formula is C23H24N2O4S. The van der Waals surface area contributed by atoms with Gasteiger partial charge in [0.25, 0.3) is 0 Å². The van der Waals surface area contributed by atoms with E-state index < -0.39 is 10.0 Å². The zero-order valence-corrected chi connectivity index (χ0v) is 17.5. The first-order chi connectivity index (χ1) is 14.5. The molecule has 156 valence electrons. The second kappa shape index (κ2) is 10.0. The summed E-state index contributed by atoms with van der Waals surface area (Å²) < 4.78 is 32.3. The van der Waals surface area contributed by atoms with Gasteiger partial charge in [0, 0.05) is 11.8 Å². The Morgan fingerprint density at radius 2 is 1.77 bits per heavy atom. The van der Waals surface area contributed by atoms with Gasteiger partial charge in [-0.3, -0.25) is 4.79 Å². The van der Waals surface area contributed by atoms with Crippen LogP contribution in [0.25, 0.3) is 6.08 Å². The Kier molecular flexibility index (Phi) is 7.21. The summed E-state index contributed by atoms with van der Waals surface area (Å²) in [6.07, 6.45) is 6.63. The van der Waals surface area contributed by atoms with E-state index in [2.05, 4.69) is 17.0 Å². The van der Waals surface area contributed by atoms with E-state index in [-0.39, 0.29) is 17.3 Å². The first kappa shape index (κ1) is 21.5. The molecule has 6 nitrogen and oxygen atoms in total. The highest BCUT2D eigenvalue weighted by atomic mass is 32.2. The maximum absolute atomic E-state index is 12.3. The highest BCUT2D eigenvalue weighted by Crippen LogP contribution is 2.14. The van der Waals surface area contributed by atoms with E-state index >= 15 is 0 Å². The largest absolute Gasteiger partial charge is 0.468 e. The van der Waals surface area contributed by atoms with Crippen LogP contribution in [0.5, 0.6) is 0 Å². The van der Waals surface area contributed by atoms with Crippen molar-refractivity contribution >= 4 is 27.7 Å². The second-order valence-electron chi connectivity index (χ2n) is 6.74. The average Bonchev–Trinajstić information content (AvgIpc) is 3.27. The predicted molar refractivity (Wildman–Crippen MR) is 117 cm³/mol. The summed E-state index contributed by atoms with van der Waals surface area (Å²) in [4.78, 5) is 12.2. The van der Waals surface area contributed by atoms with Crippen molar-refractivity contribution in [2.45, 2.75) is 31.2 Å². The Balaban J connectivity index is 1.56. The van der Waals surface area contributed by atoms with Crippen LogP contribution in [0.15, 0.2) is 82.3 Å². The van der Waals surface area contributed by atoms with Gasteiger partial charge in [0.15, 0.2) is 0 Å². The van der Waals surface area contributed by atoms with Crippen LogP contribution >= 0.6 is 0 Å². The standard InChI is InChI=1S/C23H24N2O4S/c1-2-4-18-6-11-20(12-7-18)25-23(26)15-10-19-8-13-22(14-9-19)30(27,28)24-17-21-5-3-16-29-21/h3,5-16,24H,2,4,17H2,1H3,(H,25,26)/b15-10+. The third-order valence-electron chi connectivity index (χ3n) is 4.39. The maximum Gasteiger partial charge on any atom is 0.248 e. The van der Waals surface area contributed by atoms with E-state index in [1.807, 2.05) is 24.3 Å². The van der Waals surface area contributed by atoms with Gasteiger partial charge in [0.05, 0.1) is 17.7 Å². The molecule has 0 unspecified atom stereocenters. The number of amides is 1. The number of carbonyl (C=O) groups excluding carboxylic acids is 1. The molecule has 2 aromatic carbocycles. The summed E-state index contributed by atoms with van der Waals surface area (Å²) in [7, 11) is -3.65. The molecular weight excluding hydrogens is 400 g/mol. The SMILES string of the molecule is CCCc1ccc(NC(=O)/C=C/c2ccc(S(=O)(=O)NCc3ccco3)cc2)cc1. The first-order valence-corrected chi connectivity index (χ1v) is 11.1. The van der Waals surface area contributed by atoms with Crippen molar-refractivity contribution in [1.82, 2.24) is 4.72 Å². The Hall–Kier alpha value is -3.16. The molecule has 0 aliphatic rings. The van der Waals surface area contributed by atoms with Gasteiger partial charge in [-0.15, -0.1) is 0 Å². The van der Waals surface area contributed by atoms with Gasteiger partial charge in [-0.2, -0.15) is 0 Å². The lowest BCUT2D eigenvalue weighted by molar-refractivity contribution is -0.111. The van der Waals surface area contributed by atoms with Crippen molar-refractivity contribution in [2.24, 2.45) is 0 Å². The molecule has 0 saturated heterocycles. The lowest BCUT2D eigenvalue weighted by Gasteiger charge is -2.06. The average molecular weight is 425 g/mol. The molecule has 1 aromatic heterocycles. The molecule has 0 bridgehead atoms. The number of anilines is 1. The van der Waals surface area contributed by atoms with E-state index in [9.17, 15) is 13.2 Å². The fourth-order valence-electron chi connectivity index (χ4n) is 2.82. The fourth-order valence-corrected chi connectivity index (χ4v) is 3.81. The third-order valence-corrected chi connectivity index (χ3v) is 5.81. The van der Waals surface area contributed by atoms with Crippen molar-refractivity contribution in [3.63, 3.8) is 0 Å². The lowest BCUT2D eigenvalue weighted by atomic mass is 10.1. The van der Waals surface area contributed by atoms with E-state index in [1.54, 1.807) is 30.3 Å². The summed E-state index contributed by atoms with van der Waals surface area (Å²) in [5.41, 5.74) is 2.68. The minimum atomic E-state index is -3.65. The number of benzene rings is 2. The number of hydrogen-bond donors (Lipinski definition) is 2. The van der Waals surface area contributed by atoms with E-state index in [4.69, 9.17) is 4.42 Å². The van der Waals surface area contributed by atoms with Crippen molar-refractivity contribution < 1.29 is 17.6 Å². The molecule has 30 heavy (non-hydrogen) atoms. The van der Waals surface area contributed by atoms with Crippen LogP contribution in [-0.2, 0) is 27.8 Å². The van der Waals surface area contributed by atoms with Crippen LogP contribution in [0, 0.1) is 0 Å². The van der Waals surface area contributed by atoms with Crippen LogP contribution in [-0.4, -0.2) is 14.3 Å². The molecule has 0 saturated carbocycles. The molecule has 0 aliphatic heterocycles. The van der Waals surface area contributed by atoms with Crippen LogP contribution < -0.4 is 10.0 Å². The Bertz CT molecular complexity index is 1090. The Morgan fingerprint density at radius 1 is 1.03 bits per heavy atom. The summed E-state index contributed by atoms with van der Waals surface area (Å²) in [6.45, 7) is 2.20. The smallest absolute Gasteiger partial charge is 0.248 e. The minimum absolute atomic E-state index is 0.0799. The number of sulfonamides is 1. The zero-order valence-electron chi connectivity index (χ0n) is 16.7. The normalized spacial score (nSPS) is 11.6. The molecule has 1 amide bonds. The number of nitrogens with one attached hydrogen (secondary N) is 2. The number of furan rings is 1. The summed E-state index contributed by atoms with van der Waals surface area (Å²) in [5.74, 6) is 0.277. The van der Waals surface area contributed by atoms with Crippen molar-refractivity contribution in [2.75, 3.05) is 5.32 Å². The minimum Gasteiger partial charge on any atom is -0.468 e. The molecule has 3 rings (SSSR count). The number of carbonyl (C=O) groups is 1. The molecule has 0 atom stereocenters. The van der Waals surface area contributed by atoms with Crippen molar-refractivity contribution in [3.05, 3.63) is 89.9 Å². The summed E-state index contributed by atoms with van der Waals surface area (Å²) >= 11 is 0. The topological polar surface area (TPSA) is 88.4 Å². The third kappa shape index (κ3) is 6.17. The van der Waals surface area contributed by atoms with Gasteiger partial charge in [0.2, 0.25) is 15.9 Å². The quantitative estimate of drug-likeness (QED) is 0.500. The maximum atomic E-state index is 12.3. The Labute approximate surface area is 176 Å². The van der Waals surface area contributed by atoms with Crippen LogP contribution in [0.4, 0.5) is 5.69 Å². The highest BCUT2D eigenvalue weighted by molar-refractivity contribution is 7.89. The Morgan fingerprint density at radius 3 is 2.40 bits per heavy atom. The van der Waals surface area contributed by atoms with Gasteiger partial charge >= 0.3 is 0 Å². The predicted octanol–water partition coefficient (Wildman–Crippen LogP) is 4.36. The van der Waals surface area contributed by atoms with Gasteiger partial charge < -0.3 is 9.73 Å². The number of hydrogen-bond acceptors (Lipinski definition) is 4. The second-order valence-corrected chi connectivity index (χ2v) is 8.51. The zero-order chi connectivity index (χ0) is 21.4. The van der Waals surface area contributed by atoms with Crippen molar-refractivity contribution in [3.8, 4) is 0 Å². The molecule has 0 aliphatic carbocycles. The molecule has 0 radical (unpaired) electrons. The van der Waals surface area contributed by atoms with Gasteiger partial charge in [0.1, 0.15) is 5.76 Å². The molecule has 2 N–H and O–H groups in total. The number of rotatable bonds is 9. The number of aryl methyl sites for hydroxylation is 1. The summed E-state index contributed by atoms with van der Waals surface area (Å²) in [5, 5.41) is 2.81. The van der Waals surface area contributed by atoms with Gasteiger partial charge in [-0.1, -0.05) is 37.6 Å². The van der Waals surface area contributed by atoms with Gasteiger partial charge in [-0.25, -0.2) is 13.1 Å². The highest BCUT2D eigenvalue weighted by Gasteiger charge is 2.13. The van der Waals surface area contributed by atoms with Crippen LogP contribution in [0.3, 0.4) is 0 Å². The van der Waals surface area contributed by atoms with E-state index in [0.717, 1.165) is 18.5 Å². The fraction of sp³-hybridized carbons (Fsp3) is 0.174. The van der Waals surface area contributed by atoms with Crippen LogP contribution in [0.1, 0.15) is 30.2 Å². The lowest BCUT2D eigenvalue weighted by Crippen LogP contribution is -2.22. The van der Waals surface area contributed by atoms with Crippen molar-refractivity contribution in [1.29, 1.82) is 0 Å². The van der Waals surface area contributed by atoms with E-state index in [1.165, 1.54) is 30.0 Å². The molecule has 0 spiro atoms. The molecule has 0 fully saturated rings. The van der Waals surface area contributed by atoms with Crippen LogP contribution in [0.2, 0.25) is 0 Å². The molecule has 3 aromatic rings. The molecule has 7 heteroatoms.